The van der Waals surface area contributed by atoms with Crippen LogP contribution < -0.4 is 0 Å². The van der Waals surface area contributed by atoms with E-state index in [1.165, 1.54) is 4.57 Å². The summed E-state index contributed by atoms with van der Waals surface area (Å²) in [4.78, 5) is 4.30. The van der Waals surface area contributed by atoms with Gasteiger partial charge in [0.1, 0.15) is 17.2 Å². The highest BCUT2D eigenvalue weighted by Gasteiger charge is 2.35. The van der Waals surface area contributed by atoms with Crippen LogP contribution in [-0.2, 0) is 0 Å². The summed E-state index contributed by atoms with van der Waals surface area (Å²) >= 11 is 0. The number of aromatic nitrogens is 4. The van der Waals surface area contributed by atoms with Crippen LogP contribution in [0, 0.1) is 17.9 Å². The number of rotatable bonds is 6. The van der Waals surface area contributed by atoms with E-state index < -0.39 is 244 Å². The van der Waals surface area contributed by atoms with Crippen molar-refractivity contribution in [3.05, 3.63) is 283 Å². The maximum atomic E-state index is 13.1. The van der Waals surface area contributed by atoms with E-state index in [1.54, 1.807) is 48.5 Å². The van der Waals surface area contributed by atoms with Crippen LogP contribution in [0.2, 0.25) is 0 Å². The van der Waals surface area contributed by atoms with E-state index in [-0.39, 0.29) is 22.0 Å². The lowest BCUT2D eigenvalue weighted by Gasteiger charge is -2.27. The molecule has 0 aliphatic heterocycles. The predicted octanol–water partition coefficient (Wildman–Crippen LogP) is 20.9. The molecule has 18 rings (SSSR count). The Kier molecular flexibility index (Phi) is 6.11. The van der Waals surface area contributed by atoms with Gasteiger partial charge in [0.15, 0.2) is 0 Å². The average molecular weight is 1110 g/mol. The zero-order valence-electron chi connectivity index (χ0n) is 67.6. The highest BCUT2D eigenvalue weighted by Crippen LogP contribution is 2.53. The van der Waals surface area contributed by atoms with Crippen LogP contribution in [0.5, 0.6) is 0 Å². The number of hydrogen-bond acceptors (Lipinski definition) is 2. The van der Waals surface area contributed by atoms with Gasteiger partial charge in [-0.3, -0.25) is 0 Å². The number of fused-ring (bicyclic) bond motifs is 17. The first-order valence-corrected chi connectivity index (χ1v) is 26.6. The monoisotopic (exact) mass is 1100 g/mol. The summed E-state index contributed by atoms with van der Waals surface area (Å²) in [6.07, 6.45) is 0. The van der Waals surface area contributed by atoms with Gasteiger partial charge in [-0.2, -0.15) is 5.26 Å². The van der Waals surface area contributed by atoms with Crippen LogP contribution in [0.1, 0.15) is 38.5 Å². The fourth-order valence-corrected chi connectivity index (χ4v) is 12.8. The van der Waals surface area contributed by atoms with E-state index >= 15 is 0 Å². The molecule has 0 aliphatic carbocycles. The molecule has 5 heterocycles. The van der Waals surface area contributed by atoms with E-state index in [9.17, 15) is 42.0 Å². The Morgan fingerprint density at radius 2 is 0.859 bits per heavy atom. The number of nitrogens with zero attached hydrogens (tertiary/aromatic N) is 6. The summed E-state index contributed by atoms with van der Waals surface area (Å²) < 4.78 is 242. The number of furan rings is 1. The van der Waals surface area contributed by atoms with Gasteiger partial charge >= 0.3 is 0 Å². The van der Waals surface area contributed by atoms with Crippen molar-refractivity contribution in [1.82, 2.24) is 18.3 Å². The molecule has 0 unspecified atom stereocenters. The third-order valence-corrected chi connectivity index (χ3v) is 16.2. The molecule has 18 aromatic rings. The second kappa shape index (κ2) is 17.8. The largest absolute Gasteiger partial charge is 0.456 e. The summed E-state index contributed by atoms with van der Waals surface area (Å²) in [5.41, 5.74) is -5.28. The SMILES string of the molecule is [2H]c1c([2H])c([2H])c2c(c1[2H])c1c([2H])c([2H])c([2H])c([2H])c1n2-c1c(C#N)c(-n2c3c([2H])c([2H])c([2H])c([2H])c3c3c([2H])c([2H])c([2H])c([2H])c32)c(-n2c3ccc(-c4ccccc4-c4cccc5ccccc45)cc3c3ccc4oc5ccccc5c4c32)c(-n2c3c([2H])c([2H])c([2H])c([2H])c3c3c([2H])c([2H])c([2H])c([2H])c32)c1[N+]#[C-]. The van der Waals surface area contributed by atoms with Crippen molar-refractivity contribution in [2.45, 2.75) is 0 Å². The van der Waals surface area contributed by atoms with Gasteiger partial charge in [-0.25, -0.2) is 4.85 Å². The molecule has 5 aromatic heterocycles. The third-order valence-electron chi connectivity index (χ3n) is 16.2. The van der Waals surface area contributed by atoms with Gasteiger partial charge in [0.25, 0.3) is 0 Å². The first-order valence-electron chi connectivity index (χ1n) is 38.6. The lowest BCUT2D eigenvalue weighted by atomic mass is 9.91. The Morgan fingerprint density at radius 3 is 1.44 bits per heavy atom. The molecule has 7 heteroatoms. The van der Waals surface area contributed by atoms with Gasteiger partial charge in [-0.15, -0.1) is 0 Å². The number of hydrogen-bond donors (Lipinski definition) is 0. The summed E-state index contributed by atoms with van der Waals surface area (Å²) in [7, 11) is 0. The molecule has 0 amide bonds. The van der Waals surface area contributed by atoms with Gasteiger partial charge in [-0.1, -0.05) is 200 Å². The van der Waals surface area contributed by atoms with Crippen molar-refractivity contribution in [2.75, 3.05) is 0 Å². The van der Waals surface area contributed by atoms with Crippen molar-refractivity contribution >= 4 is 126 Å². The molecule has 0 saturated heterocycles. The standard InChI is InChI=1S/C78H44N6O/c1-80-73-75(81-63-34-13-6-26-53(63)54-27-7-14-35-64(54)81)62(46-79)76(82-65-36-15-8-28-55(65)56-29-9-16-37-66(56)82)78(77(73)83-67-38-17-10-30-57(67)58-31-11-18-39-68(58)83)84-69-43-41-48(50-24-4-5-25-51(50)52-33-20-22-47-21-2-3-23-49(47)52)45-61(69)59-42-44-71-72(74(59)84)60-32-12-19-40-70(60)85-71/h2-45H/i6D,7D,8D,9D,10D,11D,13D,14D,15D,16D,17D,18D,26D,27D,28D,29D,30D,31D,34D,35D,36D,37D,38D,39D. The molecule has 7 nitrogen and oxygen atoms in total. The summed E-state index contributed by atoms with van der Waals surface area (Å²) in [5, 5.41) is 13.0. The van der Waals surface area contributed by atoms with Crippen molar-refractivity contribution < 1.29 is 37.3 Å². The maximum Gasteiger partial charge on any atom is 0.237 e. The first kappa shape index (κ1) is 29.2. The molecule has 0 fully saturated rings. The molecule has 0 bridgehead atoms. The number of nitriles is 1. The van der Waals surface area contributed by atoms with Crippen molar-refractivity contribution in [2.24, 2.45) is 0 Å². The smallest absolute Gasteiger partial charge is 0.237 e. The van der Waals surface area contributed by atoms with Gasteiger partial charge in [-0.05, 0) is 99.6 Å². The first-order chi connectivity index (χ1) is 52.1. The quantitative estimate of drug-likeness (QED) is 0.156. The Balaban J connectivity index is 1.22. The van der Waals surface area contributed by atoms with Crippen molar-refractivity contribution in [1.29, 1.82) is 5.26 Å². The highest BCUT2D eigenvalue weighted by molar-refractivity contribution is 6.26. The Morgan fingerprint density at radius 1 is 0.376 bits per heavy atom. The lowest BCUT2D eigenvalue weighted by Crippen LogP contribution is -2.14. The molecule has 85 heavy (non-hydrogen) atoms. The van der Waals surface area contributed by atoms with Crippen LogP contribution >= 0.6 is 0 Å². The number of para-hydroxylation sites is 7. The molecule has 0 radical (unpaired) electrons. The zero-order valence-corrected chi connectivity index (χ0v) is 43.6. The van der Waals surface area contributed by atoms with Crippen molar-refractivity contribution in [3.8, 4) is 51.1 Å². The topological polar surface area (TPSA) is 61.0 Å². The average Bonchev–Trinajstić information content (AvgIpc) is 1.50. The van der Waals surface area contributed by atoms with E-state index in [4.69, 9.17) is 7.16 Å². The van der Waals surface area contributed by atoms with Crippen LogP contribution in [0.15, 0.2) is 271 Å². The second-order valence-electron chi connectivity index (χ2n) is 20.3. The van der Waals surface area contributed by atoms with E-state index in [2.05, 4.69) is 10.9 Å². The minimum atomic E-state index is -0.971. The molecule has 0 N–H and O–H groups in total. The molecule has 0 spiro atoms. The summed E-state index contributed by atoms with van der Waals surface area (Å²) in [5.74, 6) is 0. The van der Waals surface area contributed by atoms with Gasteiger partial charge in [0.2, 0.25) is 5.69 Å². The predicted molar refractivity (Wildman–Crippen MR) is 350 cm³/mol. The highest BCUT2D eigenvalue weighted by atomic mass is 16.3. The summed E-state index contributed by atoms with van der Waals surface area (Å²) in [6, 6.07) is 17.2. The molecule has 13 aromatic carbocycles. The molecular formula is C78H44N6O. The van der Waals surface area contributed by atoms with Crippen LogP contribution in [0.25, 0.3) is 170 Å². The number of benzene rings is 13. The molecule has 0 saturated carbocycles. The molecule has 392 valence electrons. The Bertz CT molecular complexity index is 7080. The van der Waals surface area contributed by atoms with Crippen LogP contribution in [0.3, 0.4) is 0 Å². The fourth-order valence-electron chi connectivity index (χ4n) is 12.8. The Hall–Kier alpha value is -11.9. The summed E-state index contributed by atoms with van der Waals surface area (Å²) in [6.45, 7) is 10.0. The molecular weight excluding hydrogens is 1040 g/mol. The van der Waals surface area contributed by atoms with Gasteiger partial charge in [0.05, 0.1) is 117 Å². The fraction of sp³-hybridized carbons (Fsp3) is 0. The van der Waals surface area contributed by atoms with Crippen LogP contribution in [-0.4, -0.2) is 18.3 Å². The van der Waals surface area contributed by atoms with E-state index in [0.717, 1.165) is 35.6 Å². The minimum Gasteiger partial charge on any atom is -0.456 e. The zero-order chi connectivity index (χ0) is 76.9. The third kappa shape index (κ3) is 6.41. The normalized spacial score (nSPS) is 15.9. The van der Waals surface area contributed by atoms with Crippen LogP contribution in [0.4, 0.5) is 5.69 Å². The minimum absolute atomic E-state index is 0.112. The van der Waals surface area contributed by atoms with Gasteiger partial charge in [0, 0.05) is 48.5 Å². The van der Waals surface area contributed by atoms with E-state index in [0.29, 0.717) is 32.9 Å². The van der Waals surface area contributed by atoms with E-state index in [1.807, 2.05) is 72.8 Å². The Labute approximate surface area is 519 Å². The van der Waals surface area contributed by atoms with Crippen molar-refractivity contribution in [3.63, 3.8) is 0 Å². The maximum absolute atomic E-state index is 13.1. The lowest BCUT2D eigenvalue weighted by molar-refractivity contribution is 0.669. The molecule has 0 aliphatic rings. The second-order valence-corrected chi connectivity index (χ2v) is 20.3. The van der Waals surface area contributed by atoms with Gasteiger partial charge < -0.3 is 22.7 Å². The molecule has 0 atom stereocenters.